The smallest absolute Gasteiger partial charge is 0.296 e. The highest BCUT2D eigenvalue weighted by Gasteiger charge is 2.41. The van der Waals surface area contributed by atoms with E-state index >= 15 is 0 Å². The third kappa shape index (κ3) is 3.29. The molecule has 1 aliphatic carbocycles. The number of fused-ring (bicyclic) bond motifs is 2. The molecule has 0 unspecified atom stereocenters. The summed E-state index contributed by atoms with van der Waals surface area (Å²) in [4.78, 5) is 26.3. The average molecular weight is 439 g/mol. The van der Waals surface area contributed by atoms with Crippen LogP contribution < -0.4 is 11.2 Å². The van der Waals surface area contributed by atoms with Crippen LogP contribution in [0.2, 0.25) is 0 Å². The fourth-order valence-electron chi connectivity index (χ4n) is 4.01. The van der Waals surface area contributed by atoms with Gasteiger partial charge in [-0.3, -0.25) is 13.9 Å². The third-order valence-corrected chi connectivity index (χ3v) is 8.21. The second kappa shape index (κ2) is 6.65. The zero-order chi connectivity index (χ0) is 22.0. The van der Waals surface area contributed by atoms with Crippen molar-refractivity contribution in [1.82, 2.24) is 18.7 Å². The predicted molar refractivity (Wildman–Crippen MR) is 117 cm³/mol. The Morgan fingerprint density at radius 2 is 1.87 bits per heavy atom. The van der Waals surface area contributed by atoms with Crippen molar-refractivity contribution < 1.29 is 8.42 Å². The van der Waals surface area contributed by atoms with Gasteiger partial charge in [0.25, 0.3) is 5.56 Å². The van der Waals surface area contributed by atoms with Crippen molar-refractivity contribution >= 4 is 26.3 Å². The van der Waals surface area contributed by atoms with Gasteiger partial charge in [0.1, 0.15) is 0 Å². The maximum absolute atomic E-state index is 13.3. The van der Waals surface area contributed by atoms with Crippen molar-refractivity contribution in [3.05, 3.63) is 75.2 Å². The molecule has 0 aliphatic heterocycles. The Kier molecular flexibility index (Phi) is 4.23. The Morgan fingerprint density at radius 1 is 1.10 bits per heavy atom. The lowest BCUT2D eigenvalue weighted by Gasteiger charge is -2.13. The molecule has 3 aromatic heterocycles. The average Bonchev–Trinajstić information content (AvgIpc) is 3.32. The molecule has 0 N–H and O–H groups in total. The van der Waals surface area contributed by atoms with Crippen molar-refractivity contribution in [2.24, 2.45) is 12.5 Å². The van der Waals surface area contributed by atoms with Crippen molar-refractivity contribution in [3.8, 4) is 0 Å². The molecule has 1 aliphatic rings. The van der Waals surface area contributed by atoms with E-state index in [2.05, 4.69) is 5.10 Å². The molecule has 1 aromatic carbocycles. The Balaban J connectivity index is 1.65. The molecule has 0 atom stereocenters. The monoisotopic (exact) mass is 438 g/mol. The number of rotatable bonds is 5. The molecule has 0 spiro atoms. The molecule has 0 radical (unpaired) electrons. The van der Waals surface area contributed by atoms with E-state index in [9.17, 15) is 18.0 Å². The molecule has 0 saturated heterocycles. The number of nitrogens with zero attached hydrogens (tertiary/aromatic N) is 4. The van der Waals surface area contributed by atoms with Crippen LogP contribution in [0, 0.1) is 5.41 Å². The van der Waals surface area contributed by atoms with E-state index in [4.69, 9.17) is 0 Å². The zero-order valence-electron chi connectivity index (χ0n) is 17.3. The first-order chi connectivity index (χ1) is 14.7. The normalized spacial score (nSPS) is 15.5. The maximum atomic E-state index is 13.3. The Bertz CT molecular complexity index is 1570. The number of hydrogen-bond acceptors (Lipinski definition) is 5. The molecular weight excluding hydrogens is 416 g/mol. The van der Waals surface area contributed by atoms with Gasteiger partial charge in [0.15, 0.2) is 9.84 Å². The predicted octanol–water partition coefficient (Wildman–Crippen LogP) is 1.97. The zero-order valence-corrected chi connectivity index (χ0v) is 18.1. The van der Waals surface area contributed by atoms with Crippen LogP contribution in [0.3, 0.4) is 0 Å². The van der Waals surface area contributed by atoms with E-state index in [0.717, 1.165) is 28.5 Å². The number of aromatic nitrogens is 4. The molecule has 1 fully saturated rings. The summed E-state index contributed by atoms with van der Waals surface area (Å²) in [6, 6.07) is 10.00. The van der Waals surface area contributed by atoms with Crippen molar-refractivity contribution in [1.29, 1.82) is 0 Å². The molecule has 3 heterocycles. The summed E-state index contributed by atoms with van der Waals surface area (Å²) in [5.41, 5.74) is 0.774. The first-order valence-electron chi connectivity index (χ1n) is 10.1. The van der Waals surface area contributed by atoms with Gasteiger partial charge in [0, 0.05) is 18.8 Å². The lowest BCUT2D eigenvalue weighted by Crippen LogP contribution is -2.39. The maximum Gasteiger partial charge on any atom is 0.331 e. The molecule has 160 valence electrons. The second-order valence-electron chi connectivity index (χ2n) is 8.68. The largest absolute Gasteiger partial charge is 0.331 e. The van der Waals surface area contributed by atoms with Crippen LogP contribution in [0.4, 0.5) is 0 Å². The van der Waals surface area contributed by atoms with Crippen LogP contribution in [0.5, 0.6) is 0 Å². The van der Waals surface area contributed by atoms with Gasteiger partial charge in [0.2, 0.25) is 0 Å². The lowest BCUT2D eigenvalue weighted by atomic mass is 10.2. The van der Waals surface area contributed by atoms with E-state index in [1.54, 1.807) is 30.0 Å². The Labute approximate surface area is 178 Å². The summed E-state index contributed by atoms with van der Waals surface area (Å²) in [5.74, 6) is 0.0634. The number of aryl methyl sites for hydroxylation is 1. The van der Waals surface area contributed by atoms with Gasteiger partial charge in [-0.05, 0) is 48.6 Å². The summed E-state index contributed by atoms with van der Waals surface area (Å²) < 4.78 is 30.0. The van der Waals surface area contributed by atoms with Gasteiger partial charge in [-0.25, -0.2) is 17.7 Å². The van der Waals surface area contributed by atoms with Gasteiger partial charge in [-0.1, -0.05) is 13.0 Å². The lowest BCUT2D eigenvalue weighted by molar-refractivity contribution is 0.568. The van der Waals surface area contributed by atoms with E-state index in [-0.39, 0.29) is 28.0 Å². The van der Waals surface area contributed by atoms with E-state index in [1.165, 1.54) is 16.7 Å². The number of sulfone groups is 1. The Morgan fingerprint density at radius 3 is 2.61 bits per heavy atom. The second-order valence-corrected chi connectivity index (χ2v) is 10.7. The van der Waals surface area contributed by atoms with E-state index in [0.29, 0.717) is 5.52 Å². The van der Waals surface area contributed by atoms with Crippen LogP contribution in [0.1, 0.15) is 25.3 Å². The van der Waals surface area contributed by atoms with Crippen LogP contribution in [-0.4, -0.2) is 32.9 Å². The standard InChI is InChI=1S/C22H22N4O4S/c1-22(8-9-22)14-31(29,30)16-6-7-19-17(11-16)20(27)25(21(28)24(19)2)13-15-12-23-26-10-4-3-5-18(15)26/h3-7,10-12H,8-9,13-14H2,1-2H3. The highest BCUT2D eigenvalue weighted by molar-refractivity contribution is 7.91. The summed E-state index contributed by atoms with van der Waals surface area (Å²) in [5, 5.41) is 4.47. The minimum atomic E-state index is -3.53. The third-order valence-electron chi connectivity index (χ3n) is 6.16. The van der Waals surface area contributed by atoms with Gasteiger partial charge >= 0.3 is 5.69 Å². The molecule has 1 saturated carbocycles. The minimum absolute atomic E-state index is 0.0456. The number of hydrogen-bond donors (Lipinski definition) is 0. The highest BCUT2D eigenvalue weighted by Crippen LogP contribution is 2.46. The van der Waals surface area contributed by atoms with Crippen molar-refractivity contribution in [2.45, 2.75) is 31.2 Å². The van der Waals surface area contributed by atoms with Crippen LogP contribution in [0.15, 0.2) is 63.3 Å². The van der Waals surface area contributed by atoms with Crippen LogP contribution >= 0.6 is 0 Å². The molecule has 0 bridgehead atoms. The molecule has 9 heteroatoms. The fraction of sp³-hybridized carbons (Fsp3) is 0.318. The van der Waals surface area contributed by atoms with Crippen molar-refractivity contribution in [3.63, 3.8) is 0 Å². The first-order valence-corrected chi connectivity index (χ1v) is 11.7. The first kappa shape index (κ1) is 19.7. The fourth-order valence-corrected chi connectivity index (χ4v) is 5.95. The van der Waals surface area contributed by atoms with Crippen molar-refractivity contribution in [2.75, 3.05) is 5.75 Å². The van der Waals surface area contributed by atoms with Gasteiger partial charge in [-0.15, -0.1) is 0 Å². The molecule has 5 rings (SSSR count). The summed E-state index contributed by atoms with van der Waals surface area (Å²) >= 11 is 0. The van der Waals surface area contributed by atoms with E-state index in [1.807, 2.05) is 25.1 Å². The quantitative estimate of drug-likeness (QED) is 0.475. The van der Waals surface area contributed by atoms with Gasteiger partial charge in [0.05, 0.1) is 39.8 Å². The highest BCUT2D eigenvalue weighted by atomic mass is 32.2. The summed E-state index contributed by atoms with van der Waals surface area (Å²) in [6.45, 7) is 2.00. The Hall–Kier alpha value is -3.20. The number of pyridine rings is 1. The van der Waals surface area contributed by atoms with Crippen LogP contribution in [0.25, 0.3) is 16.4 Å². The molecule has 0 amide bonds. The summed E-state index contributed by atoms with van der Waals surface area (Å²) in [6.07, 6.45) is 5.20. The molecule has 31 heavy (non-hydrogen) atoms. The van der Waals surface area contributed by atoms with Crippen LogP contribution in [-0.2, 0) is 23.4 Å². The SMILES string of the molecule is Cn1c(=O)n(Cc2cnn3ccccc23)c(=O)c2cc(S(=O)(=O)CC3(C)CC3)ccc21. The summed E-state index contributed by atoms with van der Waals surface area (Å²) in [7, 11) is -1.95. The topological polar surface area (TPSA) is 95.4 Å². The minimum Gasteiger partial charge on any atom is -0.296 e. The molecule has 4 aromatic rings. The molecular formula is C22H22N4O4S. The van der Waals surface area contributed by atoms with Gasteiger partial charge < -0.3 is 0 Å². The molecule has 8 nitrogen and oxygen atoms in total. The van der Waals surface area contributed by atoms with E-state index < -0.39 is 21.1 Å². The number of benzene rings is 1. The van der Waals surface area contributed by atoms with Gasteiger partial charge in [-0.2, -0.15) is 5.10 Å².